The van der Waals surface area contributed by atoms with E-state index in [2.05, 4.69) is 4.98 Å². The molecule has 1 heterocycles. The van der Waals surface area contributed by atoms with Crippen molar-refractivity contribution in [3.05, 3.63) is 59.2 Å². The highest BCUT2D eigenvalue weighted by molar-refractivity contribution is 7.90. The molecule has 0 spiro atoms. The van der Waals surface area contributed by atoms with Gasteiger partial charge in [-0.2, -0.15) is 0 Å². The van der Waals surface area contributed by atoms with Gasteiger partial charge in [-0.15, -0.1) is 0 Å². The van der Waals surface area contributed by atoms with Crippen molar-refractivity contribution in [1.29, 1.82) is 0 Å². The van der Waals surface area contributed by atoms with Crippen LogP contribution in [0.15, 0.2) is 48.5 Å². The van der Waals surface area contributed by atoms with E-state index >= 15 is 0 Å². The molecule has 0 aliphatic heterocycles. The molecule has 22 heavy (non-hydrogen) atoms. The Morgan fingerprint density at radius 3 is 2.64 bits per heavy atom. The molecule has 3 nitrogen and oxygen atoms in total. The number of rotatable bonds is 4. The van der Waals surface area contributed by atoms with Crippen molar-refractivity contribution in [2.45, 2.75) is 6.10 Å². The molecule has 1 aromatic heterocycles. The SMILES string of the molecule is C[S+]([O-])CC(O)c1[nH]c2cc(Cl)ccc2c1-c1ccccc1. The van der Waals surface area contributed by atoms with E-state index in [1.165, 1.54) is 0 Å². The predicted molar refractivity (Wildman–Crippen MR) is 92.6 cm³/mol. The molecular formula is C17H16ClNO2S. The molecule has 3 aromatic rings. The molecule has 5 heteroatoms. The van der Waals surface area contributed by atoms with E-state index in [1.54, 1.807) is 6.26 Å². The van der Waals surface area contributed by atoms with Crippen LogP contribution in [0, 0.1) is 0 Å². The topological polar surface area (TPSA) is 59.1 Å². The summed E-state index contributed by atoms with van der Waals surface area (Å²) in [6.07, 6.45) is 0.775. The van der Waals surface area contributed by atoms with Gasteiger partial charge in [0, 0.05) is 21.5 Å². The average molecular weight is 334 g/mol. The normalized spacial score (nSPS) is 14.2. The van der Waals surface area contributed by atoms with Crippen LogP contribution in [0.2, 0.25) is 5.02 Å². The zero-order valence-corrected chi connectivity index (χ0v) is 13.6. The molecule has 0 aliphatic carbocycles. The van der Waals surface area contributed by atoms with Crippen molar-refractivity contribution in [1.82, 2.24) is 4.98 Å². The summed E-state index contributed by atoms with van der Waals surface area (Å²) in [6, 6.07) is 15.5. The molecule has 0 saturated heterocycles. The first kappa shape index (κ1) is 15.4. The highest BCUT2D eigenvalue weighted by Crippen LogP contribution is 2.36. The molecule has 2 aromatic carbocycles. The summed E-state index contributed by atoms with van der Waals surface area (Å²) >= 11 is 4.98. The number of aliphatic hydroxyl groups excluding tert-OH is 1. The molecule has 114 valence electrons. The van der Waals surface area contributed by atoms with Crippen molar-refractivity contribution in [2.75, 3.05) is 12.0 Å². The van der Waals surface area contributed by atoms with Crippen molar-refractivity contribution in [2.24, 2.45) is 0 Å². The van der Waals surface area contributed by atoms with E-state index in [0.29, 0.717) is 10.7 Å². The third-order valence-electron chi connectivity index (χ3n) is 3.58. The Morgan fingerprint density at radius 1 is 1.23 bits per heavy atom. The first-order valence-corrected chi connectivity index (χ1v) is 9.01. The van der Waals surface area contributed by atoms with Gasteiger partial charge in [-0.25, -0.2) is 0 Å². The molecule has 0 bridgehead atoms. The summed E-state index contributed by atoms with van der Waals surface area (Å²) in [4.78, 5) is 3.24. The molecule has 0 saturated carbocycles. The lowest BCUT2D eigenvalue weighted by Gasteiger charge is -2.13. The predicted octanol–water partition coefficient (Wildman–Crippen LogP) is 3.90. The van der Waals surface area contributed by atoms with Crippen molar-refractivity contribution >= 4 is 33.7 Å². The van der Waals surface area contributed by atoms with Gasteiger partial charge in [-0.05, 0) is 17.7 Å². The summed E-state index contributed by atoms with van der Waals surface area (Å²) in [6.45, 7) is 0. The minimum atomic E-state index is -1.08. The fraction of sp³-hybridized carbons (Fsp3) is 0.176. The number of fused-ring (bicyclic) bond motifs is 1. The third kappa shape index (κ3) is 3.01. The zero-order valence-electron chi connectivity index (χ0n) is 12.0. The third-order valence-corrected chi connectivity index (χ3v) is 4.60. The summed E-state index contributed by atoms with van der Waals surface area (Å²) < 4.78 is 11.5. The molecule has 0 fully saturated rings. The smallest absolute Gasteiger partial charge is 0.139 e. The van der Waals surface area contributed by atoms with Crippen LogP contribution in [-0.2, 0) is 11.2 Å². The maximum atomic E-state index is 11.5. The summed E-state index contributed by atoms with van der Waals surface area (Å²) in [5, 5.41) is 12.1. The van der Waals surface area contributed by atoms with Gasteiger partial charge in [0.2, 0.25) is 0 Å². The van der Waals surface area contributed by atoms with Gasteiger partial charge >= 0.3 is 0 Å². The number of nitrogens with one attached hydrogen (secondary N) is 1. The van der Waals surface area contributed by atoms with Crippen LogP contribution in [-0.4, -0.2) is 26.7 Å². The number of hydrogen-bond acceptors (Lipinski definition) is 2. The minimum absolute atomic E-state index is 0.195. The van der Waals surface area contributed by atoms with Gasteiger partial charge in [0.15, 0.2) is 0 Å². The van der Waals surface area contributed by atoms with E-state index in [9.17, 15) is 9.66 Å². The molecule has 0 amide bonds. The number of halogens is 1. The average Bonchev–Trinajstić information content (AvgIpc) is 2.86. The Morgan fingerprint density at radius 2 is 1.95 bits per heavy atom. The lowest BCUT2D eigenvalue weighted by atomic mass is 10.00. The van der Waals surface area contributed by atoms with Crippen LogP contribution in [0.1, 0.15) is 11.8 Å². The molecule has 0 aliphatic rings. The summed E-state index contributed by atoms with van der Waals surface area (Å²) in [7, 11) is 0. The molecule has 2 N–H and O–H groups in total. The van der Waals surface area contributed by atoms with E-state index in [4.69, 9.17) is 11.6 Å². The minimum Gasteiger partial charge on any atom is -0.616 e. The van der Waals surface area contributed by atoms with E-state index in [-0.39, 0.29) is 5.75 Å². The lowest BCUT2D eigenvalue weighted by Crippen LogP contribution is -2.13. The molecule has 3 rings (SSSR count). The number of hydrogen-bond donors (Lipinski definition) is 2. The first-order chi connectivity index (χ1) is 10.6. The van der Waals surface area contributed by atoms with E-state index < -0.39 is 17.3 Å². The summed E-state index contributed by atoms with van der Waals surface area (Å²) in [5.41, 5.74) is 3.48. The highest BCUT2D eigenvalue weighted by Gasteiger charge is 2.22. The Bertz CT molecular complexity index is 786. The number of H-pyrrole nitrogens is 1. The Hall–Kier alpha value is -1.46. The van der Waals surface area contributed by atoms with Crippen molar-refractivity contribution < 1.29 is 9.66 Å². The van der Waals surface area contributed by atoms with Crippen LogP contribution in [0.25, 0.3) is 22.0 Å². The maximum absolute atomic E-state index is 11.5. The fourth-order valence-corrected chi connectivity index (χ4v) is 3.45. The second-order valence-corrected chi connectivity index (χ2v) is 7.14. The number of aromatic nitrogens is 1. The van der Waals surface area contributed by atoms with Gasteiger partial charge < -0.3 is 14.6 Å². The fourth-order valence-electron chi connectivity index (χ4n) is 2.66. The quantitative estimate of drug-likeness (QED) is 0.711. The molecule has 2 unspecified atom stereocenters. The van der Waals surface area contributed by atoms with E-state index in [0.717, 1.165) is 22.0 Å². The lowest BCUT2D eigenvalue weighted by molar-refractivity contribution is 0.198. The zero-order chi connectivity index (χ0) is 15.7. The Labute approximate surface area is 137 Å². The van der Waals surface area contributed by atoms with Crippen LogP contribution in [0.3, 0.4) is 0 Å². The van der Waals surface area contributed by atoms with Gasteiger partial charge in [0.25, 0.3) is 0 Å². The monoisotopic (exact) mass is 333 g/mol. The highest BCUT2D eigenvalue weighted by atomic mass is 35.5. The van der Waals surface area contributed by atoms with Crippen LogP contribution in [0.4, 0.5) is 0 Å². The molecular weight excluding hydrogens is 318 g/mol. The van der Waals surface area contributed by atoms with Gasteiger partial charge in [0.05, 0.1) is 11.9 Å². The largest absolute Gasteiger partial charge is 0.616 e. The number of aromatic amines is 1. The van der Waals surface area contributed by atoms with E-state index in [1.807, 2.05) is 48.5 Å². The Kier molecular flexibility index (Phi) is 4.45. The van der Waals surface area contributed by atoms with Crippen LogP contribution < -0.4 is 0 Å². The second-order valence-electron chi connectivity index (χ2n) is 5.23. The van der Waals surface area contributed by atoms with Gasteiger partial charge in [-0.1, -0.05) is 59.2 Å². The summed E-state index contributed by atoms with van der Waals surface area (Å²) in [5.74, 6) is 0.195. The maximum Gasteiger partial charge on any atom is 0.139 e. The molecule has 2 atom stereocenters. The number of benzene rings is 2. The standard InChI is InChI=1S/C17H16ClNO2S/c1-22(21)10-15(20)17-16(11-5-3-2-4-6-11)13-8-7-12(18)9-14(13)19-17/h2-9,15,19-20H,10H2,1H3. The Balaban J connectivity index is 2.21. The van der Waals surface area contributed by atoms with Gasteiger partial charge in [0.1, 0.15) is 11.9 Å². The van der Waals surface area contributed by atoms with Gasteiger partial charge in [-0.3, -0.25) is 0 Å². The van der Waals surface area contributed by atoms with Crippen LogP contribution in [0.5, 0.6) is 0 Å². The number of aliphatic hydroxyl groups is 1. The van der Waals surface area contributed by atoms with Crippen molar-refractivity contribution in [3.63, 3.8) is 0 Å². The second kappa shape index (κ2) is 6.34. The van der Waals surface area contributed by atoms with Crippen LogP contribution >= 0.6 is 11.6 Å². The first-order valence-electron chi connectivity index (χ1n) is 6.91. The molecule has 0 radical (unpaired) electrons. The van der Waals surface area contributed by atoms with Crippen molar-refractivity contribution in [3.8, 4) is 11.1 Å².